The molecule has 2 unspecified atom stereocenters. The molecule has 0 radical (unpaired) electrons. The molecule has 0 aromatic rings. The minimum absolute atomic E-state index is 1.08. The summed E-state index contributed by atoms with van der Waals surface area (Å²) in [6, 6.07) is 0. The molecule has 3 aliphatic carbocycles. The molecule has 2 atom stereocenters. The van der Waals surface area contributed by atoms with Gasteiger partial charge in [-0.3, -0.25) is 0 Å². The fraction of sp³-hybridized carbons (Fsp3) is 0.818. The average molecular weight is 148 g/mol. The Hall–Kier alpha value is -0.260. The van der Waals surface area contributed by atoms with Gasteiger partial charge in [-0.15, -0.1) is 0 Å². The van der Waals surface area contributed by atoms with Crippen molar-refractivity contribution in [3.63, 3.8) is 0 Å². The third-order valence-electron chi connectivity index (χ3n) is 3.97. The van der Waals surface area contributed by atoms with E-state index in [1.807, 2.05) is 11.1 Å². The highest BCUT2D eigenvalue weighted by atomic mass is 14.5. The first kappa shape index (κ1) is 6.28. The van der Waals surface area contributed by atoms with Crippen LogP contribution in [0.15, 0.2) is 11.1 Å². The van der Waals surface area contributed by atoms with Crippen molar-refractivity contribution in [2.75, 3.05) is 0 Å². The highest BCUT2D eigenvalue weighted by Crippen LogP contribution is 2.55. The second-order valence-electron chi connectivity index (χ2n) is 4.40. The minimum atomic E-state index is 1.08. The smallest absolute Gasteiger partial charge is 0.0135 e. The van der Waals surface area contributed by atoms with E-state index in [2.05, 4.69) is 0 Å². The molecule has 0 bridgehead atoms. The number of fused-ring (bicyclic) bond motifs is 3. The fourth-order valence-corrected chi connectivity index (χ4v) is 3.51. The molecule has 0 nitrogen and oxygen atoms in total. The van der Waals surface area contributed by atoms with E-state index in [1.54, 1.807) is 0 Å². The molecule has 0 aromatic carbocycles. The van der Waals surface area contributed by atoms with Gasteiger partial charge < -0.3 is 0 Å². The van der Waals surface area contributed by atoms with Crippen molar-refractivity contribution in [3.8, 4) is 0 Å². The average Bonchev–Trinajstić information content (AvgIpc) is 2.44. The van der Waals surface area contributed by atoms with Crippen LogP contribution in [0.2, 0.25) is 0 Å². The van der Waals surface area contributed by atoms with E-state index in [-0.39, 0.29) is 0 Å². The van der Waals surface area contributed by atoms with Crippen molar-refractivity contribution in [1.82, 2.24) is 0 Å². The Morgan fingerprint density at radius 3 is 1.82 bits per heavy atom. The molecular formula is C11H16. The Labute approximate surface area is 68.7 Å². The van der Waals surface area contributed by atoms with Crippen molar-refractivity contribution >= 4 is 0 Å². The van der Waals surface area contributed by atoms with E-state index in [4.69, 9.17) is 0 Å². The maximum atomic E-state index is 1.91. The van der Waals surface area contributed by atoms with Gasteiger partial charge >= 0.3 is 0 Å². The van der Waals surface area contributed by atoms with Crippen LogP contribution in [0.25, 0.3) is 0 Å². The van der Waals surface area contributed by atoms with Gasteiger partial charge in [-0.1, -0.05) is 24.0 Å². The summed E-state index contributed by atoms with van der Waals surface area (Å²) in [4.78, 5) is 0. The first-order valence-electron chi connectivity index (χ1n) is 5.18. The van der Waals surface area contributed by atoms with E-state index in [1.165, 1.54) is 44.9 Å². The van der Waals surface area contributed by atoms with Crippen molar-refractivity contribution in [2.45, 2.75) is 44.9 Å². The molecule has 11 heavy (non-hydrogen) atoms. The number of allylic oxidation sites excluding steroid dienone is 2. The molecule has 0 aliphatic heterocycles. The largest absolute Gasteiger partial charge is 0.0670 e. The van der Waals surface area contributed by atoms with Gasteiger partial charge in [0.15, 0.2) is 0 Å². The van der Waals surface area contributed by atoms with Crippen LogP contribution in [-0.4, -0.2) is 0 Å². The van der Waals surface area contributed by atoms with Gasteiger partial charge in [-0.2, -0.15) is 0 Å². The summed E-state index contributed by atoms with van der Waals surface area (Å²) in [6.45, 7) is 0. The summed E-state index contributed by atoms with van der Waals surface area (Å²) in [5, 5.41) is 0. The minimum Gasteiger partial charge on any atom is -0.0670 e. The number of hydrogen-bond donors (Lipinski definition) is 0. The monoisotopic (exact) mass is 148 g/mol. The molecule has 3 aliphatic rings. The van der Waals surface area contributed by atoms with Crippen LogP contribution < -0.4 is 0 Å². The Kier molecular flexibility index (Phi) is 1.21. The zero-order valence-electron chi connectivity index (χ0n) is 7.10. The summed E-state index contributed by atoms with van der Waals surface area (Å²) in [5.41, 5.74) is 3.82. The molecule has 0 heteroatoms. The topological polar surface area (TPSA) is 0 Å². The van der Waals surface area contributed by atoms with E-state index in [0.717, 1.165) is 11.8 Å². The predicted octanol–water partition coefficient (Wildman–Crippen LogP) is 3.29. The van der Waals surface area contributed by atoms with Gasteiger partial charge in [0.1, 0.15) is 0 Å². The van der Waals surface area contributed by atoms with E-state index >= 15 is 0 Å². The normalized spacial score (nSPS) is 41.5. The van der Waals surface area contributed by atoms with E-state index in [0.29, 0.717) is 0 Å². The van der Waals surface area contributed by atoms with Crippen molar-refractivity contribution in [3.05, 3.63) is 11.1 Å². The maximum Gasteiger partial charge on any atom is -0.0135 e. The molecule has 0 spiro atoms. The Bertz CT molecular complexity index is 190. The molecule has 3 rings (SSSR count). The summed E-state index contributed by atoms with van der Waals surface area (Å²) < 4.78 is 0. The van der Waals surface area contributed by atoms with Gasteiger partial charge in [0.05, 0.1) is 0 Å². The molecule has 60 valence electrons. The molecule has 0 N–H and O–H groups in total. The molecular weight excluding hydrogens is 132 g/mol. The molecule has 0 amide bonds. The van der Waals surface area contributed by atoms with Gasteiger partial charge in [0.25, 0.3) is 0 Å². The highest BCUT2D eigenvalue weighted by molar-refractivity contribution is 5.36. The Balaban J connectivity index is 1.90. The van der Waals surface area contributed by atoms with Crippen LogP contribution in [0, 0.1) is 11.8 Å². The quantitative estimate of drug-likeness (QED) is 0.462. The van der Waals surface area contributed by atoms with E-state index in [9.17, 15) is 0 Å². The standard InChI is InChI=1S/C11H16/c1-2-5-9-8(4-1)10-6-3-7-11(9)10/h8-9H,1-7H2. The third-order valence-corrected chi connectivity index (χ3v) is 3.97. The first-order valence-corrected chi connectivity index (χ1v) is 5.18. The lowest BCUT2D eigenvalue weighted by molar-refractivity contribution is 0.262. The van der Waals surface area contributed by atoms with Crippen molar-refractivity contribution < 1.29 is 0 Å². The summed E-state index contributed by atoms with van der Waals surface area (Å²) >= 11 is 0. The summed E-state index contributed by atoms with van der Waals surface area (Å²) in [7, 11) is 0. The van der Waals surface area contributed by atoms with Gasteiger partial charge in [-0.25, -0.2) is 0 Å². The zero-order chi connectivity index (χ0) is 7.26. The number of rotatable bonds is 0. The first-order chi connectivity index (χ1) is 5.47. The van der Waals surface area contributed by atoms with E-state index < -0.39 is 0 Å². The van der Waals surface area contributed by atoms with Crippen LogP contribution >= 0.6 is 0 Å². The lowest BCUT2D eigenvalue weighted by Gasteiger charge is -2.43. The van der Waals surface area contributed by atoms with Gasteiger partial charge in [0, 0.05) is 0 Å². The van der Waals surface area contributed by atoms with Crippen LogP contribution in [0.5, 0.6) is 0 Å². The highest BCUT2D eigenvalue weighted by Gasteiger charge is 2.42. The third kappa shape index (κ3) is 0.706. The summed E-state index contributed by atoms with van der Waals surface area (Å²) in [6.07, 6.45) is 10.5. The lowest BCUT2D eigenvalue weighted by Crippen LogP contribution is -2.31. The van der Waals surface area contributed by atoms with Crippen LogP contribution in [0.4, 0.5) is 0 Å². The van der Waals surface area contributed by atoms with Crippen LogP contribution in [0.1, 0.15) is 44.9 Å². The predicted molar refractivity (Wildman–Crippen MR) is 46.3 cm³/mol. The Morgan fingerprint density at radius 2 is 1.27 bits per heavy atom. The number of hydrogen-bond acceptors (Lipinski definition) is 0. The molecule has 1 fully saturated rings. The maximum absolute atomic E-state index is 1.91. The Morgan fingerprint density at radius 1 is 0.727 bits per heavy atom. The van der Waals surface area contributed by atoms with Gasteiger partial charge in [-0.05, 0) is 43.9 Å². The van der Waals surface area contributed by atoms with Crippen molar-refractivity contribution in [2.24, 2.45) is 11.8 Å². The lowest BCUT2D eigenvalue weighted by atomic mass is 9.62. The second-order valence-corrected chi connectivity index (χ2v) is 4.40. The fourth-order valence-electron chi connectivity index (χ4n) is 3.51. The second kappa shape index (κ2) is 2.12. The molecule has 0 saturated heterocycles. The summed E-state index contributed by atoms with van der Waals surface area (Å²) in [5.74, 6) is 2.17. The SMILES string of the molecule is C1CC2=C(C1)C1CCCCC21. The zero-order valence-corrected chi connectivity index (χ0v) is 7.10. The van der Waals surface area contributed by atoms with Crippen LogP contribution in [0.3, 0.4) is 0 Å². The van der Waals surface area contributed by atoms with Crippen molar-refractivity contribution in [1.29, 1.82) is 0 Å². The molecule has 0 heterocycles. The molecule has 1 saturated carbocycles. The van der Waals surface area contributed by atoms with Gasteiger partial charge in [0.2, 0.25) is 0 Å². The molecule has 0 aromatic heterocycles. The van der Waals surface area contributed by atoms with Crippen LogP contribution in [-0.2, 0) is 0 Å².